The largest absolute Gasteiger partial charge is 0.495 e. The monoisotopic (exact) mass is 390 g/mol. The lowest BCUT2D eigenvalue weighted by Crippen LogP contribution is -2.39. The van der Waals surface area contributed by atoms with Crippen LogP contribution in [0.5, 0.6) is 5.75 Å². The van der Waals surface area contributed by atoms with Crippen LogP contribution in [-0.4, -0.2) is 38.7 Å². The van der Waals surface area contributed by atoms with Gasteiger partial charge in [-0.05, 0) is 12.1 Å². The highest BCUT2D eigenvalue weighted by molar-refractivity contribution is 7.22. The van der Waals surface area contributed by atoms with Gasteiger partial charge < -0.3 is 14.8 Å². The number of thiophene rings is 1. The molecule has 1 heterocycles. The van der Waals surface area contributed by atoms with Crippen molar-refractivity contribution in [3.8, 4) is 5.75 Å². The number of carbonyl (C=O) groups excluding carboxylic acids is 3. The summed E-state index contributed by atoms with van der Waals surface area (Å²) in [6.45, 7) is -0.617. The zero-order valence-corrected chi connectivity index (χ0v) is 14.9. The van der Waals surface area contributed by atoms with Crippen LogP contribution in [0, 0.1) is 0 Å². The summed E-state index contributed by atoms with van der Waals surface area (Å²) in [5.74, 6) is -1.10. The molecule has 0 bridgehead atoms. The van der Waals surface area contributed by atoms with E-state index in [9.17, 15) is 14.4 Å². The molecule has 0 unspecified atom stereocenters. The maximum Gasteiger partial charge on any atom is 0.350 e. The van der Waals surface area contributed by atoms with E-state index in [1.165, 1.54) is 14.2 Å². The summed E-state index contributed by atoms with van der Waals surface area (Å²) < 4.78 is 10.5. The number of halogens is 2. The third kappa shape index (κ3) is 3.72. The Morgan fingerprint density at radius 1 is 1.21 bits per heavy atom. The molecule has 0 aliphatic carbocycles. The lowest BCUT2D eigenvalue weighted by molar-refractivity contribution is -0.123. The van der Waals surface area contributed by atoms with Crippen LogP contribution in [0.3, 0.4) is 0 Å². The van der Waals surface area contributed by atoms with Crippen molar-refractivity contribution in [2.75, 3.05) is 20.8 Å². The first-order valence-electron chi connectivity index (χ1n) is 6.52. The van der Waals surface area contributed by atoms with Crippen LogP contribution >= 0.6 is 34.5 Å². The van der Waals surface area contributed by atoms with Crippen LogP contribution in [0.15, 0.2) is 12.1 Å². The molecule has 0 aliphatic rings. The summed E-state index contributed by atoms with van der Waals surface area (Å²) in [6.07, 6.45) is 0. The molecule has 2 N–H and O–H groups in total. The number of esters is 1. The molecule has 0 radical (unpaired) electrons. The van der Waals surface area contributed by atoms with Crippen LogP contribution in [0.2, 0.25) is 10.0 Å². The summed E-state index contributed by atoms with van der Waals surface area (Å²) in [7, 11) is 2.83. The number of fused-ring (bicyclic) bond motifs is 1. The highest BCUT2D eigenvalue weighted by Crippen LogP contribution is 2.43. The van der Waals surface area contributed by atoms with Gasteiger partial charge in [-0.2, -0.15) is 0 Å². The number of rotatable bonds is 4. The Bertz CT molecular complexity index is 821. The van der Waals surface area contributed by atoms with Crippen molar-refractivity contribution in [1.29, 1.82) is 0 Å². The highest BCUT2D eigenvalue weighted by Gasteiger charge is 2.22. The highest BCUT2D eigenvalue weighted by atomic mass is 35.5. The SMILES string of the molecule is CNC(=O)NC(=O)COC(=O)c1sc2c(Cl)c(OC)ccc2c1Cl. The molecule has 2 rings (SSSR count). The zero-order valence-electron chi connectivity index (χ0n) is 12.6. The van der Waals surface area contributed by atoms with Crippen molar-refractivity contribution in [3.63, 3.8) is 0 Å². The van der Waals surface area contributed by atoms with E-state index >= 15 is 0 Å². The fourth-order valence-corrected chi connectivity index (χ4v) is 3.57. The van der Waals surface area contributed by atoms with Gasteiger partial charge >= 0.3 is 12.0 Å². The van der Waals surface area contributed by atoms with Crippen LogP contribution in [0.25, 0.3) is 10.1 Å². The minimum absolute atomic E-state index is 0.106. The molecule has 0 spiro atoms. The van der Waals surface area contributed by atoms with Gasteiger partial charge in [0.15, 0.2) is 6.61 Å². The summed E-state index contributed by atoms with van der Waals surface area (Å²) in [6, 6.07) is 2.61. The summed E-state index contributed by atoms with van der Waals surface area (Å²) in [5, 5.41) is 5.26. The van der Waals surface area contributed by atoms with E-state index < -0.39 is 24.5 Å². The van der Waals surface area contributed by atoms with Gasteiger partial charge in [0.25, 0.3) is 5.91 Å². The lowest BCUT2D eigenvalue weighted by Gasteiger charge is -2.04. The number of ether oxygens (including phenoxy) is 2. The first-order chi connectivity index (χ1) is 11.4. The van der Waals surface area contributed by atoms with Crippen LogP contribution in [-0.2, 0) is 9.53 Å². The standard InChI is InChI=1S/C14H12Cl2N2O5S/c1-17-14(21)18-8(19)5-23-13(20)12-9(15)6-3-4-7(22-2)10(16)11(6)24-12/h3-4H,5H2,1-2H3,(H2,17,18,19,21). The second kappa shape index (κ2) is 7.69. The number of nitrogens with one attached hydrogen (secondary N) is 2. The minimum atomic E-state index is -0.789. The van der Waals surface area contributed by atoms with Crippen molar-refractivity contribution in [1.82, 2.24) is 10.6 Å². The first-order valence-corrected chi connectivity index (χ1v) is 8.09. The van der Waals surface area contributed by atoms with E-state index in [0.717, 1.165) is 11.3 Å². The van der Waals surface area contributed by atoms with Gasteiger partial charge in [0, 0.05) is 12.4 Å². The van der Waals surface area contributed by atoms with E-state index in [1.807, 2.05) is 5.32 Å². The fourth-order valence-electron chi connectivity index (χ4n) is 1.79. The van der Waals surface area contributed by atoms with E-state index in [1.54, 1.807) is 12.1 Å². The summed E-state index contributed by atoms with van der Waals surface area (Å²) in [4.78, 5) is 34.6. The average molecular weight is 391 g/mol. The maximum absolute atomic E-state index is 12.1. The number of urea groups is 1. The van der Waals surface area contributed by atoms with Gasteiger partial charge in [-0.15, -0.1) is 11.3 Å². The Balaban J connectivity index is 2.18. The number of imide groups is 1. The van der Waals surface area contributed by atoms with E-state index in [4.69, 9.17) is 32.7 Å². The molecule has 10 heteroatoms. The van der Waals surface area contributed by atoms with Gasteiger partial charge in [0.05, 0.1) is 16.8 Å². The van der Waals surface area contributed by atoms with E-state index in [0.29, 0.717) is 20.9 Å². The third-order valence-electron chi connectivity index (χ3n) is 2.92. The molecular weight excluding hydrogens is 379 g/mol. The molecule has 128 valence electrons. The molecule has 0 atom stereocenters. The molecule has 2 aromatic rings. The fraction of sp³-hybridized carbons (Fsp3) is 0.214. The topological polar surface area (TPSA) is 93.7 Å². The Kier molecular flexibility index (Phi) is 5.87. The molecule has 0 aliphatic heterocycles. The number of benzene rings is 1. The van der Waals surface area contributed by atoms with Crippen molar-refractivity contribution in [2.24, 2.45) is 0 Å². The van der Waals surface area contributed by atoms with Crippen molar-refractivity contribution in [3.05, 3.63) is 27.1 Å². The van der Waals surface area contributed by atoms with Gasteiger partial charge in [-0.1, -0.05) is 23.2 Å². The van der Waals surface area contributed by atoms with Crippen molar-refractivity contribution in [2.45, 2.75) is 0 Å². The van der Waals surface area contributed by atoms with Crippen LogP contribution < -0.4 is 15.4 Å². The number of methoxy groups -OCH3 is 1. The maximum atomic E-state index is 12.1. The zero-order chi connectivity index (χ0) is 17.9. The quantitative estimate of drug-likeness (QED) is 0.782. The minimum Gasteiger partial charge on any atom is -0.495 e. The van der Waals surface area contributed by atoms with E-state index in [2.05, 4.69) is 5.32 Å². The number of carbonyl (C=O) groups is 3. The van der Waals surface area contributed by atoms with Crippen molar-refractivity contribution >= 4 is 62.5 Å². The predicted molar refractivity (Wildman–Crippen MR) is 91.3 cm³/mol. The van der Waals surface area contributed by atoms with E-state index in [-0.39, 0.29) is 9.90 Å². The molecule has 0 fully saturated rings. The molecule has 3 amide bonds. The molecule has 1 aromatic heterocycles. The summed E-state index contributed by atoms with van der Waals surface area (Å²) in [5.41, 5.74) is 0. The second-order valence-corrected chi connectivity index (χ2v) is 6.18. The van der Waals surface area contributed by atoms with Crippen LogP contribution in [0.1, 0.15) is 9.67 Å². The van der Waals surface area contributed by atoms with Gasteiger partial charge in [-0.3, -0.25) is 10.1 Å². The number of amides is 3. The first kappa shape index (κ1) is 18.3. The van der Waals surface area contributed by atoms with Crippen LogP contribution in [0.4, 0.5) is 4.79 Å². The Hall–Kier alpha value is -2.03. The van der Waals surface area contributed by atoms with Gasteiger partial charge in [0.1, 0.15) is 15.6 Å². The predicted octanol–water partition coefficient (Wildman–Crippen LogP) is 2.83. The molecule has 1 aromatic carbocycles. The van der Waals surface area contributed by atoms with Gasteiger partial charge in [0.2, 0.25) is 0 Å². The lowest BCUT2D eigenvalue weighted by atomic mass is 10.2. The Morgan fingerprint density at radius 2 is 1.92 bits per heavy atom. The third-order valence-corrected chi connectivity index (χ3v) is 5.12. The molecule has 0 saturated carbocycles. The number of hydrogen-bond acceptors (Lipinski definition) is 6. The molecule has 24 heavy (non-hydrogen) atoms. The number of hydrogen-bond donors (Lipinski definition) is 2. The van der Waals surface area contributed by atoms with Gasteiger partial charge in [-0.25, -0.2) is 9.59 Å². The molecular formula is C14H12Cl2N2O5S. The summed E-state index contributed by atoms with van der Waals surface area (Å²) >= 11 is 13.4. The normalized spacial score (nSPS) is 10.3. The average Bonchev–Trinajstić information content (AvgIpc) is 2.91. The molecule has 0 saturated heterocycles. The Morgan fingerprint density at radius 3 is 2.54 bits per heavy atom. The Labute approximate surface area is 150 Å². The second-order valence-electron chi connectivity index (χ2n) is 4.41. The molecule has 7 nitrogen and oxygen atoms in total. The van der Waals surface area contributed by atoms with Crippen molar-refractivity contribution < 1.29 is 23.9 Å². The smallest absolute Gasteiger partial charge is 0.350 e.